The first-order valence-corrected chi connectivity index (χ1v) is 5.56. The second-order valence-electron chi connectivity index (χ2n) is 5.44. The number of aliphatic carboxylic acids is 1. The summed E-state index contributed by atoms with van der Waals surface area (Å²) < 4.78 is 5.21. The Hall–Kier alpha value is -1.36. The minimum atomic E-state index is -1.36. The Kier molecular flexibility index (Phi) is 3.62. The highest BCUT2D eigenvalue weighted by Crippen LogP contribution is 2.27. The first-order valence-electron chi connectivity index (χ1n) is 5.56. The summed E-state index contributed by atoms with van der Waals surface area (Å²) in [5, 5.41) is 9.02. The van der Waals surface area contributed by atoms with Crippen molar-refractivity contribution in [1.29, 1.82) is 0 Å². The van der Waals surface area contributed by atoms with Crippen molar-refractivity contribution < 1.29 is 19.4 Å². The smallest absolute Gasteiger partial charge is 0.324 e. The molecule has 0 saturated heterocycles. The summed E-state index contributed by atoms with van der Waals surface area (Å²) in [6, 6.07) is 0. The summed E-state index contributed by atoms with van der Waals surface area (Å²) >= 11 is 0. The van der Waals surface area contributed by atoms with E-state index in [4.69, 9.17) is 15.6 Å². The maximum Gasteiger partial charge on any atom is 0.324 e. The fraction of sp³-hybridized carbons (Fsp3) is 0.667. The van der Waals surface area contributed by atoms with Gasteiger partial charge in [0.2, 0.25) is 0 Å². The minimum absolute atomic E-state index is 0.0771. The third-order valence-corrected chi connectivity index (χ3v) is 2.57. The number of hydrogen-bond acceptors (Lipinski definition) is 4. The largest absolute Gasteiger partial charge is 0.480 e. The van der Waals surface area contributed by atoms with Crippen LogP contribution in [-0.4, -0.2) is 28.2 Å². The van der Waals surface area contributed by atoms with Gasteiger partial charge in [0.1, 0.15) is 11.1 Å². The van der Waals surface area contributed by atoms with Gasteiger partial charge in [-0.3, -0.25) is 9.59 Å². The Morgan fingerprint density at radius 2 is 2.06 bits per heavy atom. The molecule has 1 aliphatic rings. The van der Waals surface area contributed by atoms with Crippen LogP contribution in [0.4, 0.5) is 0 Å². The van der Waals surface area contributed by atoms with Gasteiger partial charge < -0.3 is 15.6 Å². The molecule has 0 spiro atoms. The lowest BCUT2D eigenvalue weighted by Gasteiger charge is -2.31. The van der Waals surface area contributed by atoms with Gasteiger partial charge in [0, 0.05) is 0 Å². The first-order chi connectivity index (χ1) is 7.64. The Morgan fingerprint density at radius 3 is 2.53 bits per heavy atom. The maximum absolute atomic E-state index is 11.8. The Balaban J connectivity index is 2.75. The van der Waals surface area contributed by atoms with Gasteiger partial charge in [0.25, 0.3) is 0 Å². The lowest BCUT2D eigenvalue weighted by Crippen LogP contribution is -2.51. The molecule has 0 aliphatic heterocycles. The quantitative estimate of drug-likeness (QED) is 0.557. The molecule has 0 fully saturated rings. The minimum Gasteiger partial charge on any atom is -0.480 e. The summed E-state index contributed by atoms with van der Waals surface area (Å²) in [4.78, 5) is 22.8. The average Bonchev–Trinajstić information content (AvgIpc) is 2.15. The van der Waals surface area contributed by atoms with Crippen molar-refractivity contribution in [3.8, 4) is 0 Å². The van der Waals surface area contributed by atoms with Gasteiger partial charge in [-0.25, -0.2) is 0 Å². The summed E-state index contributed by atoms with van der Waals surface area (Å²) in [5.74, 6) is -2.09. The number of carbonyl (C=O) groups excluding carboxylic acids is 1. The molecule has 17 heavy (non-hydrogen) atoms. The zero-order valence-corrected chi connectivity index (χ0v) is 10.4. The first kappa shape index (κ1) is 13.7. The van der Waals surface area contributed by atoms with E-state index >= 15 is 0 Å². The predicted octanol–water partition coefficient (Wildman–Crippen LogP) is 1.08. The van der Waals surface area contributed by atoms with Gasteiger partial charge in [-0.1, -0.05) is 12.2 Å². The van der Waals surface area contributed by atoms with Gasteiger partial charge >= 0.3 is 11.9 Å². The maximum atomic E-state index is 11.8. The molecule has 0 heterocycles. The molecule has 5 heteroatoms. The van der Waals surface area contributed by atoms with Crippen LogP contribution in [0.25, 0.3) is 0 Å². The Morgan fingerprint density at radius 1 is 1.47 bits per heavy atom. The van der Waals surface area contributed by atoms with E-state index in [9.17, 15) is 9.59 Å². The number of carbonyl (C=O) groups is 2. The molecule has 96 valence electrons. The van der Waals surface area contributed by atoms with Gasteiger partial charge in [0.15, 0.2) is 0 Å². The van der Waals surface area contributed by atoms with E-state index in [0.29, 0.717) is 0 Å². The summed E-state index contributed by atoms with van der Waals surface area (Å²) in [5.41, 5.74) is 3.79. The molecule has 1 aliphatic carbocycles. The summed E-state index contributed by atoms with van der Waals surface area (Å²) in [7, 11) is 0. The second-order valence-corrected chi connectivity index (χ2v) is 5.44. The number of esters is 1. The molecule has 5 nitrogen and oxygen atoms in total. The molecule has 0 radical (unpaired) electrons. The van der Waals surface area contributed by atoms with Gasteiger partial charge in [-0.05, 0) is 33.6 Å². The highest BCUT2D eigenvalue weighted by molar-refractivity contribution is 5.82. The van der Waals surface area contributed by atoms with Crippen molar-refractivity contribution >= 4 is 11.9 Å². The SMILES string of the molecule is CC(C)(C)OC(=O)[C@@H]1C=CC[C@](N)(C(=O)O)C1. The number of nitrogens with two attached hydrogens (primary N) is 1. The van der Waals surface area contributed by atoms with E-state index < -0.39 is 29.0 Å². The monoisotopic (exact) mass is 241 g/mol. The van der Waals surface area contributed by atoms with Crippen LogP contribution in [0.2, 0.25) is 0 Å². The third-order valence-electron chi connectivity index (χ3n) is 2.57. The molecular weight excluding hydrogens is 222 g/mol. The van der Waals surface area contributed by atoms with Crippen molar-refractivity contribution in [2.45, 2.75) is 44.8 Å². The average molecular weight is 241 g/mol. The van der Waals surface area contributed by atoms with Crippen LogP contribution in [0.5, 0.6) is 0 Å². The molecule has 1 rings (SSSR count). The lowest BCUT2D eigenvalue weighted by atomic mass is 9.81. The van der Waals surface area contributed by atoms with Crippen molar-refractivity contribution in [2.24, 2.45) is 11.7 Å². The van der Waals surface area contributed by atoms with Crippen molar-refractivity contribution in [3.05, 3.63) is 12.2 Å². The molecule has 0 unspecified atom stereocenters. The molecule has 0 saturated carbocycles. The van der Waals surface area contributed by atoms with Crippen LogP contribution in [0.15, 0.2) is 12.2 Å². The number of carboxylic acids is 1. The van der Waals surface area contributed by atoms with Gasteiger partial charge in [0.05, 0.1) is 5.92 Å². The van der Waals surface area contributed by atoms with Crippen molar-refractivity contribution in [1.82, 2.24) is 0 Å². The Bertz CT molecular complexity index is 356. The standard InChI is InChI=1S/C12H19NO4/c1-11(2,3)17-9(14)8-5-4-6-12(13,7-8)10(15)16/h4-5,8H,6-7,13H2,1-3H3,(H,15,16)/t8-,12-/m1/s1. The molecule has 0 aromatic carbocycles. The number of carboxylic acid groups (broad SMARTS) is 1. The fourth-order valence-electron chi connectivity index (χ4n) is 1.70. The second kappa shape index (κ2) is 4.49. The van der Waals surface area contributed by atoms with Crippen LogP contribution in [0.1, 0.15) is 33.6 Å². The number of rotatable bonds is 2. The normalized spacial score (nSPS) is 28.8. The highest BCUT2D eigenvalue weighted by Gasteiger charge is 2.40. The Labute approximate surface area is 101 Å². The molecule has 3 N–H and O–H groups in total. The molecule has 0 bridgehead atoms. The van der Waals surface area contributed by atoms with Crippen LogP contribution in [-0.2, 0) is 14.3 Å². The number of ether oxygens (including phenoxy) is 1. The fourth-order valence-corrected chi connectivity index (χ4v) is 1.70. The van der Waals surface area contributed by atoms with E-state index in [1.54, 1.807) is 32.9 Å². The molecular formula is C12H19NO4. The molecule has 0 aromatic rings. The highest BCUT2D eigenvalue weighted by atomic mass is 16.6. The summed E-state index contributed by atoms with van der Waals surface area (Å²) in [6.45, 7) is 5.30. The van der Waals surface area contributed by atoms with Gasteiger partial charge in [-0.15, -0.1) is 0 Å². The van der Waals surface area contributed by atoms with E-state index in [1.807, 2.05) is 0 Å². The third kappa shape index (κ3) is 3.56. The van der Waals surface area contributed by atoms with Crippen LogP contribution >= 0.6 is 0 Å². The lowest BCUT2D eigenvalue weighted by molar-refractivity contribution is -0.159. The molecule has 2 atom stereocenters. The zero-order valence-electron chi connectivity index (χ0n) is 10.4. The van der Waals surface area contributed by atoms with E-state index in [1.165, 1.54) is 0 Å². The molecule has 0 aromatic heterocycles. The van der Waals surface area contributed by atoms with E-state index in [2.05, 4.69) is 0 Å². The van der Waals surface area contributed by atoms with Gasteiger partial charge in [-0.2, -0.15) is 0 Å². The topological polar surface area (TPSA) is 89.6 Å². The van der Waals surface area contributed by atoms with Crippen LogP contribution < -0.4 is 5.73 Å². The van der Waals surface area contributed by atoms with E-state index in [-0.39, 0.29) is 12.8 Å². The molecule has 0 amide bonds. The van der Waals surface area contributed by atoms with E-state index in [0.717, 1.165) is 0 Å². The zero-order chi connectivity index (χ0) is 13.3. The predicted molar refractivity (Wildman–Crippen MR) is 62.3 cm³/mol. The van der Waals surface area contributed by atoms with Crippen molar-refractivity contribution in [2.75, 3.05) is 0 Å². The summed E-state index contributed by atoms with van der Waals surface area (Å²) in [6.07, 6.45) is 3.61. The number of hydrogen-bond donors (Lipinski definition) is 2. The van der Waals surface area contributed by atoms with Crippen LogP contribution in [0, 0.1) is 5.92 Å². The van der Waals surface area contributed by atoms with Crippen LogP contribution in [0.3, 0.4) is 0 Å². The van der Waals surface area contributed by atoms with Crippen molar-refractivity contribution in [3.63, 3.8) is 0 Å².